The molecule has 0 unspecified atom stereocenters. The third-order valence-electron chi connectivity index (χ3n) is 4.96. The smallest absolute Gasteiger partial charge is 0.222 e. The van der Waals surface area contributed by atoms with Crippen LogP contribution in [0.3, 0.4) is 0 Å². The molecule has 4 nitrogen and oxygen atoms in total. The van der Waals surface area contributed by atoms with E-state index in [2.05, 4.69) is 10.6 Å². The number of ether oxygens (including phenoxy) is 1. The first-order chi connectivity index (χ1) is 9.83. The molecule has 20 heavy (non-hydrogen) atoms. The summed E-state index contributed by atoms with van der Waals surface area (Å²) in [6.45, 7) is 3.57. The summed E-state index contributed by atoms with van der Waals surface area (Å²) in [6.07, 6.45) is 8.57. The number of rotatable bonds is 8. The van der Waals surface area contributed by atoms with Crippen LogP contribution in [0.15, 0.2) is 0 Å². The Hall–Kier alpha value is -0.610. The minimum atomic E-state index is 0.172. The number of carbonyl (C=O) groups is 1. The molecule has 114 valence electrons. The standard InChI is InChI=1S/C16H28N2O2/c19-16(7-10-20-14-5-8-17-9-6-14)18-11-15(12-1-2-12)13-3-4-13/h12-15,17H,1-11H2,(H,18,19). The lowest BCUT2D eigenvalue weighted by Crippen LogP contribution is -2.34. The quantitative estimate of drug-likeness (QED) is 0.711. The highest BCUT2D eigenvalue weighted by Gasteiger charge is 2.41. The highest BCUT2D eigenvalue weighted by Crippen LogP contribution is 2.48. The van der Waals surface area contributed by atoms with Crippen LogP contribution in [0.1, 0.15) is 44.9 Å². The van der Waals surface area contributed by atoms with Gasteiger partial charge >= 0.3 is 0 Å². The van der Waals surface area contributed by atoms with Crippen LogP contribution in [0.25, 0.3) is 0 Å². The largest absolute Gasteiger partial charge is 0.378 e. The van der Waals surface area contributed by atoms with Gasteiger partial charge in [0.2, 0.25) is 5.91 Å². The molecule has 0 bridgehead atoms. The molecule has 1 saturated heterocycles. The van der Waals surface area contributed by atoms with E-state index in [-0.39, 0.29) is 5.91 Å². The highest BCUT2D eigenvalue weighted by atomic mass is 16.5. The van der Waals surface area contributed by atoms with Gasteiger partial charge in [-0.2, -0.15) is 0 Å². The van der Waals surface area contributed by atoms with E-state index < -0.39 is 0 Å². The van der Waals surface area contributed by atoms with E-state index in [1.807, 2.05) is 0 Å². The molecule has 3 fully saturated rings. The molecular formula is C16H28N2O2. The zero-order valence-electron chi connectivity index (χ0n) is 12.4. The summed E-state index contributed by atoms with van der Waals surface area (Å²) >= 11 is 0. The SMILES string of the molecule is O=C(CCOC1CCNCC1)NCC(C1CC1)C1CC1. The molecule has 0 atom stereocenters. The van der Waals surface area contributed by atoms with E-state index >= 15 is 0 Å². The van der Waals surface area contributed by atoms with Crippen LogP contribution in [0, 0.1) is 17.8 Å². The average molecular weight is 280 g/mol. The summed E-state index contributed by atoms with van der Waals surface area (Å²) in [5.41, 5.74) is 0. The molecule has 0 aromatic heterocycles. The number of piperidine rings is 1. The second kappa shape index (κ2) is 6.90. The molecule has 2 saturated carbocycles. The van der Waals surface area contributed by atoms with Crippen molar-refractivity contribution in [2.45, 2.75) is 51.0 Å². The van der Waals surface area contributed by atoms with Crippen molar-refractivity contribution >= 4 is 5.91 Å². The first-order valence-corrected chi connectivity index (χ1v) is 8.42. The number of amides is 1. The topological polar surface area (TPSA) is 50.4 Å². The summed E-state index contributed by atoms with van der Waals surface area (Å²) in [5, 5.41) is 6.45. The zero-order valence-corrected chi connectivity index (χ0v) is 12.4. The van der Waals surface area contributed by atoms with Crippen molar-refractivity contribution in [3.8, 4) is 0 Å². The molecule has 2 aliphatic carbocycles. The van der Waals surface area contributed by atoms with Gasteiger partial charge in [0.25, 0.3) is 0 Å². The Morgan fingerprint density at radius 2 is 1.75 bits per heavy atom. The minimum Gasteiger partial charge on any atom is -0.378 e. The molecule has 1 heterocycles. The van der Waals surface area contributed by atoms with Crippen molar-refractivity contribution in [1.29, 1.82) is 0 Å². The molecule has 4 heteroatoms. The first-order valence-electron chi connectivity index (χ1n) is 8.42. The third-order valence-corrected chi connectivity index (χ3v) is 4.96. The molecule has 0 spiro atoms. The predicted octanol–water partition coefficient (Wildman–Crippen LogP) is 1.70. The maximum atomic E-state index is 11.9. The maximum absolute atomic E-state index is 11.9. The second-order valence-electron chi connectivity index (χ2n) is 6.71. The van der Waals surface area contributed by atoms with Crippen molar-refractivity contribution in [3.63, 3.8) is 0 Å². The number of carbonyl (C=O) groups excluding carboxylic acids is 1. The van der Waals surface area contributed by atoms with Crippen LogP contribution in [0.2, 0.25) is 0 Å². The van der Waals surface area contributed by atoms with Crippen LogP contribution in [-0.4, -0.2) is 38.3 Å². The first kappa shape index (κ1) is 14.3. The predicted molar refractivity (Wildman–Crippen MR) is 78.4 cm³/mol. The Morgan fingerprint density at radius 1 is 1.10 bits per heavy atom. The molecule has 3 aliphatic rings. The van der Waals surface area contributed by atoms with Gasteiger partial charge in [0.05, 0.1) is 12.7 Å². The molecule has 0 radical (unpaired) electrons. The van der Waals surface area contributed by atoms with Gasteiger partial charge in [-0.05, 0) is 69.4 Å². The van der Waals surface area contributed by atoms with E-state index in [0.717, 1.165) is 50.2 Å². The van der Waals surface area contributed by atoms with Gasteiger partial charge < -0.3 is 15.4 Å². The molecule has 1 aliphatic heterocycles. The Labute approximate surface area is 122 Å². The van der Waals surface area contributed by atoms with Gasteiger partial charge in [0.15, 0.2) is 0 Å². The summed E-state index contributed by atoms with van der Waals surface area (Å²) in [7, 11) is 0. The Kier molecular flexibility index (Phi) is 4.94. The normalized spacial score (nSPS) is 24.1. The summed E-state index contributed by atoms with van der Waals surface area (Å²) in [5.74, 6) is 2.76. The van der Waals surface area contributed by atoms with Crippen molar-refractivity contribution in [1.82, 2.24) is 10.6 Å². The summed E-state index contributed by atoms with van der Waals surface area (Å²) in [6, 6.07) is 0. The fourth-order valence-corrected chi connectivity index (χ4v) is 3.37. The fourth-order valence-electron chi connectivity index (χ4n) is 3.37. The van der Waals surface area contributed by atoms with Crippen LogP contribution in [0.5, 0.6) is 0 Å². The van der Waals surface area contributed by atoms with E-state index in [0.29, 0.717) is 19.1 Å². The monoisotopic (exact) mass is 280 g/mol. The van der Waals surface area contributed by atoms with Crippen molar-refractivity contribution in [2.24, 2.45) is 17.8 Å². The molecule has 0 aromatic rings. The van der Waals surface area contributed by atoms with Gasteiger partial charge in [-0.25, -0.2) is 0 Å². The second-order valence-corrected chi connectivity index (χ2v) is 6.71. The van der Waals surface area contributed by atoms with Crippen molar-refractivity contribution in [2.75, 3.05) is 26.2 Å². The van der Waals surface area contributed by atoms with Crippen LogP contribution in [-0.2, 0) is 9.53 Å². The van der Waals surface area contributed by atoms with Gasteiger partial charge in [-0.3, -0.25) is 4.79 Å². The molecule has 1 amide bonds. The lowest BCUT2D eigenvalue weighted by atomic mass is 9.98. The van der Waals surface area contributed by atoms with Crippen LogP contribution < -0.4 is 10.6 Å². The van der Waals surface area contributed by atoms with Gasteiger partial charge in [0.1, 0.15) is 0 Å². The van der Waals surface area contributed by atoms with E-state index in [9.17, 15) is 4.79 Å². The minimum absolute atomic E-state index is 0.172. The molecular weight excluding hydrogens is 252 g/mol. The lowest BCUT2D eigenvalue weighted by molar-refractivity contribution is -0.123. The van der Waals surface area contributed by atoms with E-state index in [4.69, 9.17) is 4.74 Å². The van der Waals surface area contributed by atoms with Gasteiger partial charge in [-0.1, -0.05) is 0 Å². The number of hydrogen-bond acceptors (Lipinski definition) is 3. The number of nitrogens with one attached hydrogen (secondary N) is 2. The Balaban J connectivity index is 1.26. The summed E-state index contributed by atoms with van der Waals surface area (Å²) < 4.78 is 5.78. The Bertz CT molecular complexity index is 308. The van der Waals surface area contributed by atoms with Gasteiger partial charge in [0, 0.05) is 13.0 Å². The molecule has 2 N–H and O–H groups in total. The van der Waals surface area contributed by atoms with Crippen molar-refractivity contribution < 1.29 is 9.53 Å². The number of hydrogen-bond donors (Lipinski definition) is 2. The van der Waals surface area contributed by atoms with Crippen LogP contribution >= 0.6 is 0 Å². The van der Waals surface area contributed by atoms with E-state index in [1.165, 1.54) is 25.7 Å². The maximum Gasteiger partial charge on any atom is 0.222 e. The van der Waals surface area contributed by atoms with Crippen molar-refractivity contribution in [3.05, 3.63) is 0 Å². The average Bonchev–Trinajstić information content (AvgIpc) is 3.34. The zero-order chi connectivity index (χ0) is 13.8. The summed E-state index contributed by atoms with van der Waals surface area (Å²) in [4.78, 5) is 11.9. The lowest BCUT2D eigenvalue weighted by Gasteiger charge is -2.23. The van der Waals surface area contributed by atoms with E-state index in [1.54, 1.807) is 0 Å². The van der Waals surface area contributed by atoms with Gasteiger partial charge in [-0.15, -0.1) is 0 Å². The molecule has 0 aromatic carbocycles. The van der Waals surface area contributed by atoms with Crippen LogP contribution in [0.4, 0.5) is 0 Å². The molecule has 3 rings (SSSR count). The Morgan fingerprint density at radius 3 is 2.35 bits per heavy atom. The third kappa shape index (κ3) is 4.45. The highest BCUT2D eigenvalue weighted by molar-refractivity contribution is 5.75. The fraction of sp³-hybridized carbons (Fsp3) is 0.938.